The van der Waals surface area contributed by atoms with Gasteiger partial charge in [0.2, 0.25) is 11.8 Å². The van der Waals surface area contributed by atoms with Crippen LogP contribution in [0.1, 0.15) is 46.7 Å². The number of carbonyl (C=O) groups is 4. The lowest BCUT2D eigenvalue weighted by Crippen LogP contribution is -2.30. The molecule has 3 aromatic carbocycles. The third-order valence-corrected chi connectivity index (χ3v) is 7.23. The number of nitrogens with one attached hydrogen (secondary N) is 1. The summed E-state index contributed by atoms with van der Waals surface area (Å²) in [6.45, 7) is 1.52. The predicted molar refractivity (Wildman–Crippen MR) is 139 cm³/mol. The second kappa shape index (κ2) is 10.4. The van der Waals surface area contributed by atoms with Gasteiger partial charge >= 0.3 is 5.97 Å². The summed E-state index contributed by atoms with van der Waals surface area (Å²) in [6, 6.07) is 23.6. The van der Waals surface area contributed by atoms with E-state index in [1.165, 1.54) is 22.6 Å². The maximum absolute atomic E-state index is 13.3. The number of aryl methyl sites for hydroxylation is 1. The summed E-state index contributed by atoms with van der Waals surface area (Å²) in [7, 11) is 0. The highest BCUT2D eigenvalue weighted by Gasteiger charge is 2.50. The normalized spacial score (nSPS) is 20.9. The SMILES string of the molecule is Cc1ccc(NC(=O)COC(=O)c2ccc(N3C(=O)[C@H]4C[C@@H](c5ccccc5)CC[C@H]4C3=O)cc2)cc1. The fourth-order valence-electron chi connectivity index (χ4n) is 5.26. The largest absolute Gasteiger partial charge is 0.452 e. The molecule has 0 bridgehead atoms. The summed E-state index contributed by atoms with van der Waals surface area (Å²) in [5.41, 5.74) is 3.56. The number of ether oxygens (including phenoxy) is 1. The van der Waals surface area contributed by atoms with Crippen LogP contribution >= 0.6 is 0 Å². The molecule has 1 saturated carbocycles. The molecule has 7 heteroatoms. The van der Waals surface area contributed by atoms with E-state index in [4.69, 9.17) is 4.74 Å². The summed E-state index contributed by atoms with van der Waals surface area (Å²) < 4.78 is 5.13. The molecule has 0 unspecified atom stereocenters. The number of nitrogens with zero attached hydrogens (tertiary/aromatic N) is 1. The number of rotatable bonds is 6. The minimum absolute atomic E-state index is 0.176. The first-order chi connectivity index (χ1) is 17.9. The lowest BCUT2D eigenvalue weighted by Gasteiger charge is -2.28. The smallest absolute Gasteiger partial charge is 0.338 e. The summed E-state index contributed by atoms with van der Waals surface area (Å²) >= 11 is 0. The summed E-state index contributed by atoms with van der Waals surface area (Å²) in [4.78, 5) is 52.2. The van der Waals surface area contributed by atoms with Gasteiger partial charge in [0, 0.05) is 5.69 Å². The van der Waals surface area contributed by atoms with Crippen molar-refractivity contribution in [2.75, 3.05) is 16.8 Å². The Morgan fingerprint density at radius 3 is 2.24 bits per heavy atom. The fraction of sp³-hybridized carbons (Fsp3) is 0.267. The van der Waals surface area contributed by atoms with E-state index in [1.807, 2.05) is 37.3 Å². The van der Waals surface area contributed by atoms with Crippen molar-refractivity contribution in [2.24, 2.45) is 11.8 Å². The van der Waals surface area contributed by atoms with E-state index in [9.17, 15) is 19.2 Å². The molecular weight excluding hydrogens is 468 g/mol. The zero-order valence-corrected chi connectivity index (χ0v) is 20.6. The second-order valence-electron chi connectivity index (χ2n) is 9.68. The number of fused-ring (bicyclic) bond motifs is 1. The number of anilines is 2. The summed E-state index contributed by atoms with van der Waals surface area (Å²) in [6.07, 6.45) is 2.21. The van der Waals surface area contributed by atoms with Gasteiger partial charge in [-0.15, -0.1) is 0 Å². The van der Waals surface area contributed by atoms with Crippen LogP contribution in [0.2, 0.25) is 0 Å². The molecule has 1 aliphatic carbocycles. The average Bonchev–Trinajstić information content (AvgIpc) is 3.18. The van der Waals surface area contributed by atoms with E-state index >= 15 is 0 Å². The van der Waals surface area contributed by atoms with Crippen molar-refractivity contribution in [1.29, 1.82) is 0 Å². The van der Waals surface area contributed by atoms with E-state index in [1.54, 1.807) is 24.3 Å². The van der Waals surface area contributed by atoms with Gasteiger partial charge in [0.05, 0.1) is 23.1 Å². The molecule has 3 aromatic rings. The van der Waals surface area contributed by atoms with Gasteiger partial charge in [0.1, 0.15) is 0 Å². The van der Waals surface area contributed by atoms with Gasteiger partial charge < -0.3 is 10.1 Å². The molecule has 2 fully saturated rings. The average molecular weight is 497 g/mol. The lowest BCUT2D eigenvalue weighted by atomic mass is 9.73. The Morgan fingerprint density at radius 2 is 1.54 bits per heavy atom. The minimum atomic E-state index is -0.663. The molecule has 0 aromatic heterocycles. The maximum atomic E-state index is 13.3. The third kappa shape index (κ3) is 5.16. The first-order valence-corrected chi connectivity index (χ1v) is 12.5. The first kappa shape index (κ1) is 24.4. The number of hydrogen-bond acceptors (Lipinski definition) is 5. The number of esters is 1. The topological polar surface area (TPSA) is 92.8 Å². The number of carbonyl (C=O) groups excluding carboxylic acids is 4. The lowest BCUT2D eigenvalue weighted by molar-refractivity contribution is -0.122. The molecule has 1 aliphatic heterocycles. The van der Waals surface area contributed by atoms with Crippen molar-refractivity contribution in [2.45, 2.75) is 32.1 Å². The van der Waals surface area contributed by atoms with Crippen LogP contribution < -0.4 is 10.2 Å². The van der Waals surface area contributed by atoms with Gasteiger partial charge in [0.25, 0.3) is 5.91 Å². The summed E-state index contributed by atoms with van der Waals surface area (Å²) in [5, 5.41) is 2.67. The van der Waals surface area contributed by atoms with Crippen LogP contribution in [0.3, 0.4) is 0 Å². The quantitative estimate of drug-likeness (QED) is 0.389. The molecule has 2 aliphatic rings. The van der Waals surface area contributed by atoms with Crippen molar-refractivity contribution >= 4 is 35.1 Å². The Bertz CT molecular complexity index is 1320. The molecule has 1 N–H and O–H groups in total. The monoisotopic (exact) mass is 496 g/mol. The zero-order chi connectivity index (χ0) is 25.9. The van der Waals surface area contributed by atoms with Gasteiger partial charge in [-0.1, -0.05) is 48.0 Å². The van der Waals surface area contributed by atoms with Gasteiger partial charge in [-0.3, -0.25) is 19.3 Å². The van der Waals surface area contributed by atoms with Gasteiger partial charge in [-0.25, -0.2) is 4.79 Å². The maximum Gasteiger partial charge on any atom is 0.338 e. The van der Waals surface area contributed by atoms with E-state index in [2.05, 4.69) is 17.4 Å². The van der Waals surface area contributed by atoms with Crippen molar-refractivity contribution in [1.82, 2.24) is 0 Å². The van der Waals surface area contributed by atoms with E-state index in [0.717, 1.165) is 12.0 Å². The molecule has 5 rings (SSSR count). The van der Waals surface area contributed by atoms with Crippen molar-refractivity contribution in [3.8, 4) is 0 Å². The number of imide groups is 1. The standard InChI is InChI=1S/C30H28N2O5/c1-19-7-12-23(13-8-19)31-27(33)18-37-30(36)21-9-14-24(15-10-21)32-28(34)25-16-11-22(17-26(25)29(32)35)20-5-3-2-4-6-20/h2-10,12-15,22,25-26H,11,16-18H2,1H3,(H,31,33)/t22-,25+,26-/m0/s1. The number of amides is 3. The van der Waals surface area contributed by atoms with Crippen LogP contribution in [0, 0.1) is 18.8 Å². The molecule has 0 spiro atoms. The van der Waals surface area contributed by atoms with Crippen LogP contribution in [-0.2, 0) is 19.1 Å². The fourth-order valence-corrected chi connectivity index (χ4v) is 5.26. The molecule has 188 valence electrons. The molecular formula is C30H28N2O5. The van der Waals surface area contributed by atoms with E-state index < -0.39 is 18.5 Å². The Labute approximate surface area is 215 Å². The van der Waals surface area contributed by atoms with E-state index in [0.29, 0.717) is 24.2 Å². The number of hydrogen-bond donors (Lipinski definition) is 1. The highest BCUT2D eigenvalue weighted by molar-refractivity contribution is 6.22. The Morgan fingerprint density at radius 1 is 0.865 bits per heavy atom. The van der Waals surface area contributed by atoms with Crippen LogP contribution in [-0.4, -0.2) is 30.3 Å². The minimum Gasteiger partial charge on any atom is -0.452 e. The highest BCUT2D eigenvalue weighted by atomic mass is 16.5. The Balaban J connectivity index is 1.20. The van der Waals surface area contributed by atoms with Crippen molar-refractivity contribution in [3.05, 3.63) is 95.6 Å². The zero-order valence-electron chi connectivity index (χ0n) is 20.6. The second-order valence-corrected chi connectivity index (χ2v) is 9.68. The Kier molecular flexibility index (Phi) is 6.86. The first-order valence-electron chi connectivity index (χ1n) is 12.5. The van der Waals surface area contributed by atoms with Crippen molar-refractivity contribution in [3.63, 3.8) is 0 Å². The van der Waals surface area contributed by atoms with Crippen LogP contribution in [0.5, 0.6) is 0 Å². The predicted octanol–water partition coefficient (Wildman–Crippen LogP) is 4.86. The van der Waals surface area contributed by atoms with Gasteiger partial charge in [0.15, 0.2) is 6.61 Å². The highest BCUT2D eigenvalue weighted by Crippen LogP contribution is 2.45. The Hall–Kier alpha value is -4.26. The molecule has 1 saturated heterocycles. The van der Waals surface area contributed by atoms with Gasteiger partial charge in [-0.05, 0) is 74.1 Å². The number of benzene rings is 3. The molecule has 7 nitrogen and oxygen atoms in total. The molecule has 37 heavy (non-hydrogen) atoms. The van der Waals surface area contributed by atoms with Crippen LogP contribution in [0.25, 0.3) is 0 Å². The third-order valence-electron chi connectivity index (χ3n) is 7.23. The van der Waals surface area contributed by atoms with E-state index in [-0.39, 0.29) is 35.1 Å². The van der Waals surface area contributed by atoms with Crippen molar-refractivity contribution < 1.29 is 23.9 Å². The molecule has 3 amide bonds. The molecule has 3 atom stereocenters. The van der Waals surface area contributed by atoms with Crippen LogP contribution in [0.15, 0.2) is 78.9 Å². The van der Waals surface area contributed by atoms with Gasteiger partial charge in [-0.2, -0.15) is 0 Å². The molecule has 1 heterocycles. The summed E-state index contributed by atoms with van der Waals surface area (Å²) in [5.74, 6) is -1.84. The molecule has 0 radical (unpaired) electrons. The van der Waals surface area contributed by atoms with Crippen LogP contribution in [0.4, 0.5) is 11.4 Å².